The zero-order valence-electron chi connectivity index (χ0n) is 11.7. The largest absolute Gasteiger partial charge is 0.351 e. The maximum absolute atomic E-state index is 11.9. The predicted molar refractivity (Wildman–Crippen MR) is 85.4 cm³/mol. The van der Waals surface area contributed by atoms with Crippen molar-refractivity contribution in [1.82, 2.24) is 15.4 Å². The van der Waals surface area contributed by atoms with Crippen molar-refractivity contribution in [3.8, 4) is 0 Å². The number of halogens is 1. The molecule has 6 nitrogen and oxygen atoms in total. The number of carbonyl (C=O) groups excluding carboxylic acids is 1. The average molecular weight is 354 g/mol. The molecule has 3 N–H and O–H groups in total. The summed E-state index contributed by atoms with van der Waals surface area (Å²) in [5.74, 6) is -0.300. The van der Waals surface area contributed by atoms with Gasteiger partial charge < -0.3 is 10.6 Å². The highest BCUT2D eigenvalue weighted by Crippen LogP contribution is 2.15. The Morgan fingerprint density at radius 1 is 1.52 bits per heavy atom. The Balaban J connectivity index is 0.00000220. The van der Waals surface area contributed by atoms with Gasteiger partial charge in [0.25, 0.3) is 10.0 Å². The van der Waals surface area contributed by atoms with E-state index in [-0.39, 0.29) is 41.2 Å². The summed E-state index contributed by atoms with van der Waals surface area (Å²) in [6, 6.07) is 3.44. The quantitative estimate of drug-likeness (QED) is 0.727. The van der Waals surface area contributed by atoms with Crippen molar-refractivity contribution in [2.45, 2.75) is 36.1 Å². The molecule has 9 heteroatoms. The van der Waals surface area contributed by atoms with E-state index in [2.05, 4.69) is 15.4 Å². The Morgan fingerprint density at radius 2 is 2.29 bits per heavy atom. The molecule has 21 heavy (non-hydrogen) atoms. The third-order valence-corrected chi connectivity index (χ3v) is 6.09. The maximum Gasteiger partial charge on any atom is 0.250 e. The van der Waals surface area contributed by atoms with E-state index in [1.165, 1.54) is 6.07 Å². The number of hydrogen-bond acceptors (Lipinski definition) is 5. The number of rotatable bonds is 5. The molecule has 1 fully saturated rings. The van der Waals surface area contributed by atoms with Gasteiger partial charge in [-0.25, -0.2) is 13.1 Å². The smallest absolute Gasteiger partial charge is 0.250 e. The minimum Gasteiger partial charge on any atom is -0.351 e. The Kier molecular flexibility index (Phi) is 7.08. The van der Waals surface area contributed by atoms with E-state index in [9.17, 15) is 13.2 Å². The number of carbonyl (C=O) groups is 1. The second-order valence-corrected chi connectivity index (χ2v) is 7.76. The van der Waals surface area contributed by atoms with Crippen LogP contribution in [-0.2, 0) is 14.8 Å². The first kappa shape index (κ1) is 18.4. The topological polar surface area (TPSA) is 87.3 Å². The van der Waals surface area contributed by atoms with Gasteiger partial charge in [-0.1, -0.05) is 6.07 Å². The van der Waals surface area contributed by atoms with Crippen LogP contribution in [-0.4, -0.2) is 39.5 Å². The standard InChI is InChI=1S/C12H19N3O3S2.ClH/c1-9-10(4-2-6-13-9)15-11(16)8-14-20(17,18)12-5-3-7-19-12;/h3,5,7,9-10,13-14H,2,4,6,8H2,1H3,(H,15,16);1H. The van der Waals surface area contributed by atoms with Crippen LogP contribution in [0.4, 0.5) is 0 Å². The number of nitrogens with one attached hydrogen (secondary N) is 3. The van der Waals surface area contributed by atoms with Crippen molar-refractivity contribution in [3.05, 3.63) is 17.5 Å². The van der Waals surface area contributed by atoms with E-state index in [1.807, 2.05) is 6.92 Å². The summed E-state index contributed by atoms with van der Waals surface area (Å²) in [7, 11) is -3.57. The molecule has 2 atom stereocenters. The van der Waals surface area contributed by atoms with E-state index >= 15 is 0 Å². The van der Waals surface area contributed by atoms with Gasteiger partial charge in [-0.15, -0.1) is 23.7 Å². The van der Waals surface area contributed by atoms with Crippen LogP contribution in [0.15, 0.2) is 21.7 Å². The monoisotopic (exact) mass is 353 g/mol. The van der Waals surface area contributed by atoms with E-state index in [4.69, 9.17) is 0 Å². The van der Waals surface area contributed by atoms with Crippen LogP contribution in [0, 0.1) is 0 Å². The van der Waals surface area contributed by atoms with Gasteiger partial charge in [-0.2, -0.15) is 0 Å². The molecule has 1 amide bonds. The van der Waals surface area contributed by atoms with Crippen molar-refractivity contribution >= 4 is 39.7 Å². The molecule has 2 unspecified atom stereocenters. The van der Waals surface area contributed by atoms with Crippen molar-refractivity contribution < 1.29 is 13.2 Å². The van der Waals surface area contributed by atoms with Crippen molar-refractivity contribution in [2.75, 3.05) is 13.1 Å². The van der Waals surface area contributed by atoms with Crippen LogP contribution in [0.2, 0.25) is 0 Å². The number of sulfonamides is 1. The first-order valence-corrected chi connectivity index (χ1v) is 8.91. The summed E-state index contributed by atoms with van der Waals surface area (Å²) in [6.45, 7) is 2.74. The maximum atomic E-state index is 11.9. The van der Waals surface area contributed by atoms with Gasteiger partial charge in [0.05, 0.1) is 6.54 Å². The van der Waals surface area contributed by atoms with Crippen LogP contribution >= 0.6 is 23.7 Å². The molecule has 2 rings (SSSR count). The molecule has 0 spiro atoms. The summed E-state index contributed by atoms with van der Waals surface area (Å²) in [5, 5.41) is 7.83. The molecule has 0 aliphatic carbocycles. The molecule has 2 heterocycles. The molecule has 0 bridgehead atoms. The normalized spacial score (nSPS) is 22.3. The van der Waals surface area contributed by atoms with Gasteiger partial charge in [0, 0.05) is 12.1 Å². The fraction of sp³-hybridized carbons (Fsp3) is 0.583. The van der Waals surface area contributed by atoms with Crippen LogP contribution in [0.5, 0.6) is 0 Å². The number of amides is 1. The molecule has 120 valence electrons. The second kappa shape index (κ2) is 8.09. The first-order chi connectivity index (χ1) is 9.49. The summed E-state index contributed by atoms with van der Waals surface area (Å²) in [6.07, 6.45) is 1.92. The molecule has 1 aromatic rings. The fourth-order valence-corrected chi connectivity index (χ4v) is 4.17. The lowest BCUT2D eigenvalue weighted by atomic mass is 10.00. The predicted octanol–water partition coefficient (Wildman–Crippen LogP) is 0.705. The molecule has 0 saturated carbocycles. The Hall–Kier alpha value is -0.670. The van der Waals surface area contributed by atoms with E-state index in [1.54, 1.807) is 11.4 Å². The first-order valence-electron chi connectivity index (χ1n) is 6.55. The summed E-state index contributed by atoms with van der Waals surface area (Å²) in [5.41, 5.74) is 0. The van der Waals surface area contributed by atoms with Gasteiger partial charge in [0.2, 0.25) is 5.91 Å². The van der Waals surface area contributed by atoms with Crippen molar-refractivity contribution in [1.29, 1.82) is 0 Å². The van der Waals surface area contributed by atoms with Gasteiger partial charge in [0.15, 0.2) is 0 Å². The Labute approximate surface area is 135 Å². The van der Waals surface area contributed by atoms with Crippen LogP contribution in [0.1, 0.15) is 19.8 Å². The fourth-order valence-electron chi connectivity index (χ4n) is 2.15. The lowest BCUT2D eigenvalue weighted by molar-refractivity contribution is -0.121. The minimum absolute atomic E-state index is 0. The van der Waals surface area contributed by atoms with Crippen LogP contribution < -0.4 is 15.4 Å². The van der Waals surface area contributed by atoms with Crippen molar-refractivity contribution in [2.24, 2.45) is 0 Å². The highest BCUT2D eigenvalue weighted by atomic mass is 35.5. The molecule has 0 radical (unpaired) electrons. The minimum atomic E-state index is -3.57. The summed E-state index contributed by atoms with van der Waals surface area (Å²) < 4.78 is 26.3. The molecule has 0 aromatic carbocycles. The lowest BCUT2D eigenvalue weighted by Crippen LogP contribution is -2.53. The molecule has 1 aliphatic heterocycles. The third-order valence-electron chi connectivity index (χ3n) is 3.29. The molecular formula is C12H20ClN3O3S2. The summed E-state index contributed by atoms with van der Waals surface area (Å²) >= 11 is 1.13. The zero-order chi connectivity index (χ0) is 14.6. The SMILES string of the molecule is CC1NCCCC1NC(=O)CNS(=O)(=O)c1cccs1.Cl. The summed E-state index contributed by atoms with van der Waals surface area (Å²) in [4.78, 5) is 11.8. The van der Waals surface area contributed by atoms with Gasteiger partial charge >= 0.3 is 0 Å². The van der Waals surface area contributed by atoms with E-state index in [0.29, 0.717) is 0 Å². The van der Waals surface area contributed by atoms with Gasteiger partial charge in [0.1, 0.15) is 4.21 Å². The van der Waals surface area contributed by atoms with Gasteiger partial charge in [-0.3, -0.25) is 4.79 Å². The highest BCUT2D eigenvalue weighted by Gasteiger charge is 2.23. The zero-order valence-corrected chi connectivity index (χ0v) is 14.1. The number of thiophene rings is 1. The third kappa shape index (κ3) is 5.23. The second-order valence-electron chi connectivity index (χ2n) is 4.82. The Morgan fingerprint density at radius 3 is 2.90 bits per heavy atom. The highest BCUT2D eigenvalue weighted by molar-refractivity contribution is 7.91. The molecule has 1 aliphatic rings. The van der Waals surface area contributed by atoms with Crippen LogP contribution in [0.3, 0.4) is 0 Å². The van der Waals surface area contributed by atoms with E-state index in [0.717, 1.165) is 30.7 Å². The molecule has 1 saturated heterocycles. The average Bonchev–Trinajstić information content (AvgIpc) is 2.94. The van der Waals surface area contributed by atoms with E-state index < -0.39 is 10.0 Å². The molecular weight excluding hydrogens is 334 g/mol. The molecule has 1 aromatic heterocycles. The van der Waals surface area contributed by atoms with Crippen LogP contribution in [0.25, 0.3) is 0 Å². The number of hydrogen-bond donors (Lipinski definition) is 3. The Bertz CT molecular complexity index is 548. The van der Waals surface area contributed by atoms with Crippen molar-refractivity contribution in [3.63, 3.8) is 0 Å². The number of piperidine rings is 1. The lowest BCUT2D eigenvalue weighted by Gasteiger charge is -2.30. The van der Waals surface area contributed by atoms with Gasteiger partial charge in [-0.05, 0) is 37.8 Å².